The summed E-state index contributed by atoms with van der Waals surface area (Å²) in [4.78, 5) is 0. The van der Waals surface area contributed by atoms with Crippen LogP contribution >= 0.6 is 0 Å². The predicted molar refractivity (Wildman–Crippen MR) is 53.5 cm³/mol. The molecule has 2 rings (SSSR count). The van der Waals surface area contributed by atoms with Crippen LogP contribution in [0.3, 0.4) is 0 Å². The molecule has 0 bridgehead atoms. The van der Waals surface area contributed by atoms with E-state index in [1.807, 2.05) is 22.9 Å². The Balaban J connectivity index is 2.60. The van der Waals surface area contributed by atoms with Crippen LogP contribution in [0.4, 0.5) is 0 Å². The number of hydrogen-bond donors (Lipinski definition) is 1. The van der Waals surface area contributed by atoms with Crippen LogP contribution in [0.25, 0.3) is 10.9 Å². The first-order chi connectivity index (χ1) is 6.33. The second-order valence-corrected chi connectivity index (χ2v) is 3.11. The number of benzene rings is 1. The van der Waals surface area contributed by atoms with Crippen molar-refractivity contribution in [1.29, 1.82) is 0 Å². The molecule has 1 aromatic carbocycles. The van der Waals surface area contributed by atoms with Crippen molar-refractivity contribution in [2.75, 3.05) is 6.54 Å². The normalized spacial score (nSPS) is 10.9. The monoisotopic (exact) mass is 175 g/mol. The van der Waals surface area contributed by atoms with Gasteiger partial charge in [0, 0.05) is 17.6 Å². The number of nitrogens with zero attached hydrogens (tertiary/aromatic N) is 2. The second-order valence-electron chi connectivity index (χ2n) is 3.11. The maximum Gasteiger partial charge on any atom is 0.0926 e. The number of nitrogens with two attached hydrogens (primary N) is 1. The van der Waals surface area contributed by atoms with Crippen LogP contribution in [0, 0.1) is 6.92 Å². The third-order valence-electron chi connectivity index (χ3n) is 2.25. The van der Waals surface area contributed by atoms with Gasteiger partial charge in [-0.3, -0.25) is 4.68 Å². The van der Waals surface area contributed by atoms with E-state index in [1.54, 1.807) is 0 Å². The highest BCUT2D eigenvalue weighted by Gasteiger charge is 2.04. The molecule has 0 aliphatic rings. The van der Waals surface area contributed by atoms with Crippen LogP contribution in [0.15, 0.2) is 24.3 Å². The molecule has 0 aliphatic carbocycles. The number of aromatic nitrogens is 2. The van der Waals surface area contributed by atoms with Crippen molar-refractivity contribution in [3.05, 3.63) is 30.0 Å². The summed E-state index contributed by atoms with van der Waals surface area (Å²) in [5, 5.41) is 5.66. The van der Waals surface area contributed by atoms with Gasteiger partial charge in [-0.25, -0.2) is 0 Å². The Labute approximate surface area is 77.2 Å². The van der Waals surface area contributed by atoms with Gasteiger partial charge in [-0.2, -0.15) is 5.10 Å². The molecule has 3 heteroatoms. The summed E-state index contributed by atoms with van der Waals surface area (Å²) in [7, 11) is 0. The van der Waals surface area contributed by atoms with Crippen LogP contribution < -0.4 is 5.73 Å². The molecule has 0 fully saturated rings. The summed E-state index contributed by atoms with van der Waals surface area (Å²) in [6.07, 6.45) is 0. The largest absolute Gasteiger partial charge is 0.329 e. The van der Waals surface area contributed by atoms with E-state index in [9.17, 15) is 0 Å². The molecule has 68 valence electrons. The molecular formula is C10H13N3. The molecule has 0 spiro atoms. The number of rotatable bonds is 2. The van der Waals surface area contributed by atoms with Gasteiger partial charge in [0.1, 0.15) is 0 Å². The average molecular weight is 175 g/mol. The van der Waals surface area contributed by atoms with Gasteiger partial charge in [0.25, 0.3) is 0 Å². The molecule has 0 saturated heterocycles. The Hall–Kier alpha value is -1.35. The van der Waals surface area contributed by atoms with Gasteiger partial charge in [-0.1, -0.05) is 18.2 Å². The smallest absolute Gasteiger partial charge is 0.0926 e. The lowest BCUT2D eigenvalue weighted by molar-refractivity contribution is 0.614. The highest BCUT2D eigenvalue weighted by Crippen LogP contribution is 2.16. The minimum absolute atomic E-state index is 0.634. The molecule has 0 saturated carbocycles. The fourth-order valence-electron chi connectivity index (χ4n) is 1.55. The van der Waals surface area contributed by atoms with Crippen molar-refractivity contribution >= 4 is 10.9 Å². The Bertz CT molecular complexity index is 417. The predicted octanol–water partition coefficient (Wildman–Crippen LogP) is 1.30. The first-order valence-corrected chi connectivity index (χ1v) is 4.45. The van der Waals surface area contributed by atoms with Gasteiger partial charge in [0.15, 0.2) is 0 Å². The quantitative estimate of drug-likeness (QED) is 0.747. The molecule has 0 atom stereocenters. The zero-order valence-electron chi connectivity index (χ0n) is 7.70. The van der Waals surface area contributed by atoms with Crippen molar-refractivity contribution in [3.8, 4) is 0 Å². The molecule has 2 N–H and O–H groups in total. The fourth-order valence-corrected chi connectivity index (χ4v) is 1.55. The maximum absolute atomic E-state index is 5.49. The van der Waals surface area contributed by atoms with Gasteiger partial charge in [0.2, 0.25) is 0 Å². The number of fused-ring (bicyclic) bond motifs is 1. The Morgan fingerprint density at radius 3 is 2.85 bits per heavy atom. The second kappa shape index (κ2) is 3.18. The van der Waals surface area contributed by atoms with Gasteiger partial charge in [-0.15, -0.1) is 0 Å². The topological polar surface area (TPSA) is 43.8 Å². The zero-order valence-corrected chi connectivity index (χ0v) is 7.70. The minimum atomic E-state index is 0.634. The van der Waals surface area contributed by atoms with Gasteiger partial charge < -0.3 is 5.73 Å². The summed E-state index contributed by atoms with van der Waals surface area (Å²) in [6.45, 7) is 3.50. The van der Waals surface area contributed by atoms with E-state index in [0.29, 0.717) is 6.54 Å². The van der Waals surface area contributed by atoms with Crippen LogP contribution in [-0.4, -0.2) is 16.3 Å². The standard InChI is InChI=1S/C10H13N3/c1-8-9-4-2-3-5-10(9)12-13(8)7-6-11/h2-5H,6-7,11H2,1H3. The molecule has 0 radical (unpaired) electrons. The molecule has 3 nitrogen and oxygen atoms in total. The summed E-state index contributed by atoms with van der Waals surface area (Å²) >= 11 is 0. The number of hydrogen-bond acceptors (Lipinski definition) is 2. The van der Waals surface area contributed by atoms with Crippen LogP contribution in [0.2, 0.25) is 0 Å². The summed E-state index contributed by atoms with van der Waals surface area (Å²) in [5.41, 5.74) is 7.74. The van der Waals surface area contributed by atoms with Gasteiger partial charge >= 0.3 is 0 Å². The zero-order chi connectivity index (χ0) is 9.26. The first-order valence-electron chi connectivity index (χ1n) is 4.45. The summed E-state index contributed by atoms with van der Waals surface area (Å²) in [5.74, 6) is 0. The van der Waals surface area contributed by atoms with Crippen molar-refractivity contribution < 1.29 is 0 Å². The van der Waals surface area contributed by atoms with E-state index < -0.39 is 0 Å². The molecule has 0 aliphatic heterocycles. The van der Waals surface area contributed by atoms with Crippen molar-refractivity contribution in [2.24, 2.45) is 5.73 Å². The van der Waals surface area contributed by atoms with Crippen LogP contribution in [-0.2, 0) is 6.54 Å². The highest BCUT2D eigenvalue weighted by molar-refractivity contribution is 5.81. The third kappa shape index (κ3) is 1.31. The first kappa shape index (κ1) is 8.26. The van der Waals surface area contributed by atoms with E-state index >= 15 is 0 Å². The van der Waals surface area contributed by atoms with Crippen LogP contribution in [0.5, 0.6) is 0 Å². The molecule has 2 aromatic rings. The Morgan fingerprint density at radius 1 is 1.38 bits per heavy atom. The average Bonchev–Trinajstić information content (AvgIpc) is 2.46. The lowest BCUT2D eigenvalue weighted by Gasteiger charge is -1.99. The molecule has 0 unspecified atom stereocenters. The summed E-state index contributed by atoms with van der Waals surface area (Å²) < 4.78 is 1.96. The fraction of sp³-hybridized carbons (Fsp3) is 0.300. The lowest BCUT2D eigenvalue weighted by atomic mass is 10.2. The van der Waals surface area contributed by atoms with E-state index in [2.05, 4.69) is 18.1 Å². The molecule has 1 heterocycles. The lowest BCUT2D eigenvalue weighted by Crippen LogP contribution is -2.11. The number of aryl methyl sites for hydroxylation is 1. The van der Waals surface area contributed by atoms with Crippen molar-refractivity contribution in [3.63, 3.8) is 0 Å². The van der Waals surface area contributed by atoms with Gasteiger partial charge in [-0.05, 0) is 13.0 Å². The summed E-state index contributed by atoms with van der Waals surface area (Å²) in [6, 6.07) is 8.14. The Kier molecular flexibility index (Phi) is 2.02. The van der Waals surface area contributed by atoms with E-state index in [0.717, 1.165) is 12.1 Å². The van der Waals surface area contributed by atoms with Gasteiger partial charge in [0.05, 0.1) is 12.1 Å². The van der Waals surface area contributed by atoms with Crippen molar-refractivity contribution in [1.82, 2.24) is 9.78 Å². The minimum Gasteiger partial charge on any atom is -0.329 e. The Morgan fingerprint density at radius 2 is 2.15 bits per heavy atom. The molecule has 1 aromatic heterocycles. The van der Waals surface area contributed by atoms with Crippen molar-refractivity contribution in [2.45, 2.75) is 13.5 Å². The highest BCUT2D eigenvalue weighted by atomic mass is 15.3. The van der Waals surface area contributed by atoms with E-state index in [-0.39, 0.29) is 0 Å². The molecule has 13 heavy (non-hydrogen) atoms. The van der Waals surface area contributed by atoms with E-state index in [4.69, 9.17) is 5.73 Å². The molecular weight excluding hydrogens is 162 g/mol. The van der Waals surface area contributed by atoms with E-state index in [1.165, 1.54) is 11.1 Å². The van der Waals surface area contributed by atoms with Crippen LogP contribution in [0.1, 0.15) is 5.69 Å². The third-order valence-corrected chi connectivity index (χ3v) is 2.25. The molecule has 0 amide bonds. The maximum atomic E-state index is 5.49. The SMILES string of the molecule is Cc1c2ccccc2nn1CCN.